The van der Waals surface area contributed by atoms with Crippen LogP contribution >= 0.6 is 23.6 Å². The highest BCUT2D eigenvalue weighted by molar-refractivity contribution is 7.80. The van der Waals surface area contributed by atoms with Crippen molar-refractivity contribution >= 4 is 44.6 Å². The molecule has 4 rings (SSSR count). The predicted molar refractivity (Wildman–Crippen MR) is 111 cm³/mol. The van der Waals surface area contributed by atoms with Gasteiger partial charge in [0.15, 0.2) is 5.11 Å². The Morgan fingerprint density at radius 3 is 2.64 bits per heavy atom. The Kier molecular flexibility index (Phi) is 4.68. The third-order valence-electron chi connectivity index (χ3n) is 4.62. The van der Waals surface area contributed by atoms with Gasteiger partial charge in [0.25, 0.3) is 0 Å². The number of nitrogens with one attached hydrogen (secondary N) is 2. The van der Waals surface area contributed by atoms with Crippen molar-refractivity contribution in [3.8, 4) is 10.6 Å². The maximum absolute atomic E-state index is 5.42. The number of rotatable bonds is 3. The van der Waals surface area contributed by atoms with E-state index >= 15 is 0 Å². The summed E-state index contributed by atoms with van der Waals surface area (Å²) >= 11 is 7.16. The van der Waals surface area contributed by atoms with E-state index in [0.29, 0.717) is 6.04 Å². The number of hydrogen-bond donors (Lipinski definition) is 2. The molecule has 1 saturated carbocycles. The van der Waals surface area contributed by atoms with Crippen molar-refractivity contribution in [2.45, 2.75) is 38.6 Å². The quantitative estimate of drug-likeness (QED) is 0.599. The molecule has 25 heavy (non-hydrogen) atoms. The van der Waals surface area contributed by atoms with Gasteiger partial charge in [-0.1, -0.05) is 18.9 Å². The van der Waals surface area contributed by atoms with Crippen LogP contribution in [0.2, 0.25) is 0 Å². The Morgan fingerprint density at radius 2 is 1.88 bits per heavy atom. The number of benzene rings is 2. The first-order valence-corrected chi connectivity index (χ1v) is 9.95. The molecule has 0 radical (unpaired) electrons. The number of thiocarbonyl (C=S) groups is 1. The van der Waals surface area contributed by atoms with Crippen molar-refractivity contribution in [2.24, 2.45) is 0 Å². The van der Waals surface area contributed by atoms with E-state index in [9.17, 15) is 0 Å². The molecule has 1 aliphatic carbocycles. The lowest BCUT2D eigenvalue weighted by Crippen LogP contribution is -2.35. The average Bonchev–Trinajstić information content (AvgIpc) is 3.24. The topological polar surface area (TPSA) is 37.0 Å². The van der Waals surface area contributed by atoms with Gasteiger partial charge in [0.2, 0.25) is 0 Å². The van der Waals surface area contributed by atoms with Gasteiger partial charge in [-0.25, -0.2) is 4.98 Å². The first kappa shape index (κ1) is 16.5. The van der Waals surface area contributed by atoms with Crippen LogP contribution in [0.15, 0.2) is 42.5 Å². The van der Waals surface area contributed by atoms with Crippen molar-refractivity contribution in [3.05, 3.63) is 48.0 Å². The van der Waals surface area contributed by atoms with Crippen LogP contribution in [0, 0.1) is 6.92 Å². The van der Waals surface area contributed by atoms with Gasteiger partial charge in [0, 0.05) is 17.3 Å². The van der Waals surface area contributed by atoms with E-state index in [2.05, 4.69) is 60.0 Å². The van der Waals surface area contributed by atoms with Gasteiger partial charge in [-0.2, -0.15) is 0 Å². The lowest BCUT2D eigenvalue weighted by atomic mass is 10.2. The molecular formula is C20H21N3S2. The van der Waals surface area contributed by atoms with Gasteiger partial charge in [0.05, 0.1) is 10.2 Å². The molecule has 0 aliphatic heterocycles. The molecule has 2 aromatic carbocycles. The van der Waals surface area contributed by atoms with Gasteiger partial charge < -0.3 is 10.6 Å². The molecule has 3 aromatic rings. The van der Waals surface area contributed by atoms with Crippen LogP contribution < -0.4 is 10.6 Å². The van der Waals surface area contributed by atoms with Gasteiger partial charge in [-0.05, 0) is 73.9 Å². The zero-order valence-electron chi connectivity index (χ0n) is 14.2. The second-order valence-corrected chi connectivity index (χ2v) is 8.09. The molecule has 2 N–H and O–H groups in total. The summed E-state index contributed by atoms with van der Waals surface area (Å²) in [5.74, 6) is 0. The first-order chi connectivity index (χ1) is 12.2. The van der Waals surface area contributed by atoms with Crippen molar-refractivity contribution in [1.82, 2.24) is 10.3 Å². The molecule has 1 aliphatic rings. The molecule has 0 bridgehead atoms. The highest BCUT2D eigenvalue weighted by atomic mass is 32.1. The second kappa shape index (κ2) is 7.10. The Morgan fingerprint density at radius 1 is 1.12 bits per heavy atom. The molecule has 0 spiro atoms. The summed E-state index contributed by atoms with van der Waals surface area (Å²) in [6.07, 6.45) is 5.04. The Labute approximate surface area is 157 Å². The predicted octanol–water partition coefficient (Wildman–Crippen LogP) is 5.50. The number of hydrogen-bond acceptors (Lipinski definition) is 3. The monoisotopic (exact) mass is 367 g/mol. The summed E-state index contributed by atoms with van der Waals surface area (Å²) in [5, 5.41) is 8.46. The molecule has 5 heteroatoms. The van der Waals surface area contributed by atoms with Gasteiger partial charge in [-0.3, -0.25) is 0 Å². The minimum Gasteiger partial charge on any atom is -0.360 e. The zero-order valence-corrected chi connectivity index (χ0v) is 15.8. The lowest BCUT2D eigenvalue weighted by molar-refractivity contribution is 0.634. The van der Waals surface area contributed by atoms with E-state index in [1.54, 1.807) is 11.3 Å². The first-order valence-electron chi connectivity index (χ1n) is 8.72. The molecule has 1 aromatic heterocycles. The average molecular weight is 368 g/mol. The van der Waals surface area contributed by atoms with Crippen molar-refractivity contribution in [3.63, 3.8) is 0 Å². The summed E-state index contributed by atoms with van der Waals surface area (Å²) in [6.45, 7) is 2.11. The fourth-order valence-corrected chi connectivity index (χ4v) is 4.63. The standard InChI is InChI=1S/C20H21N3S2/c1-13-6-11-17-18(12-13)25-19(23-17)14-7-9-16(10-8-14)22-20(24)21-15-4-2-3-5-15/h6-12,15H,2-5H2,1H3,(H2,21,22,24). The third kappa shape index (κ3) is 3.83. The molecule has 1 heterocycles. The fraction of sp³-hybridized carbons (Fsp3) is 0.300. The van der Waals surface area contributed by atoms with Crippen LogP contribution in [0.4, 0.5) is 5.69 Å². The van der Waals surface area contributed by atoms with Crippen LogP contribution in [-0.2, 0) is 0 Å². The number of fused-ring (bicyclic) bond motifs is 1. The van der Waals surface area contributed by atoms with Crippen LogP contribution in [0.1, 0.15) is 31.2 Å². The summed E-state index contributed by atoms with van der Waals surface area (Å²) in [5.41, 5.74) is 4.48. The molecular weight excluding hydrogens is 346 g/mol. The van der Waals surface area contributed by atoms with E-state index in [1.165, 1.54) is 35.9 Å². The van der Waals surface area contributed by atoms with Gasteiger partial charge >= 0.3 is 0 Å². The maximum Gasteiger partial charge on any atom is 0.170 e. The van der Waals surface area contributed by atoms with E-state index in [4.69, 9.17) is 17.2 Å². The van der Waals surface area contributed by atoms with Crippen molar-refractivity contribution in [2.75, 3.05) is 5.32 Å². The minimum atomic E-state index is 0.533. The van der Waals surface area contributed by atoms with E-state index in [0.717, 1.165) is 26.9 Å². The van der Waals surface area contributed by atoms with Gasteiger partial charge in [0.1, 0.15) is 5.01 Å². The third-order valence-corrected chi connectivity index (χ3v) is 5.91. The van der Waals surface area contributed by atoms with Crippen LogP contribution in [0.25, 0.3) is 20.8 Å². The molecule has 128 valence electrons. The number of anilines is 1. The van der Waals surface area contributed by atoms with Crippen molar-refractivity contribution in [1.29, 1.82) is 0 Å². The summed E-state index contributed by atoms with van der Waals surface area (Å²) in [7, 11) is 0. The van der Waals surface area contributed by atoms with E-state index in [1.807, 2.05) is 0 Å². The smallest absolute Gasteiger partial charge is 0.170 e. The van der Waals surface area contributed by atoms with Gasteiger partial charge in [-0.15, -0.1) is 11.3 Å². The molecule has 0 amide bonds. The fourth-order valence-electron chi connectivity index (χ4n) is 3.27. The Bertz CT molecular complexity index is 893. The number of aryl methyl sites for hydroxylation is 1. The Hall–Kier alpha value is -1.98. The molecule has 1 fully saturated rings. The molecule has 3 nitrogen and oxygen atoms in total. The molecule has 0 atom stereocenters. The zero-order chi connectivity index (χ0) is 17.2. The molecule has 0 saturated heterocycles. The number of aromatic nitrogens is 1. The summed E-state index contributed by atoms with van der Waals surface area (Å²) in [6, 6.07) is 15.3. The molecule has 0 unspecified atom stereocenters. The lowest BCUT2D eigenvalue weighted by Gasteiger charge is -2.15. The maximum atomic E-state index is 5.42. The highest BCUT2D eigenvalue weighted by Crippen LogP contribution is 2.31. The van der Waals surface area contributed by atoms with E-state index in [-0.39, 0.29) is 0 Å². The van der Waals surface area contributed by atoms with Crippen LogP contribution in [-0.4, -0.2) is 16.1 Å². The summed E-state index contributed by atoms with van der Waals surface area (Å²) in [4.78, 5) is 4.74. The highest BCUT2D eigenvalue weighted by Gasteiger charge is 2.15. The second-order valence-electron chi connectivity index (χ2n) is 6.65. The minimum absolute atomic E-state index is 0.533. The largest absolute Gasteiger partial charge is 0.360 e. The summed E-state index contributed by atoms with van der Waals surface area (Å²) < 4.78 is 1.24. The number of nitrogens with zero attached hydrogens (tertiary/aromatic N) is 1. The SMILES string of the molecule is Cc1ccc2nc(-c3ccc(NC(=S)NC4CCCC4)cc3)sc2c1. The Balaban J connectivity index is 1.46. The number of thiazole rings is 1. The van der Waals surface area contributed by atoms with Crippen LogP contribution in [0.5, 0.6) is 0 Å². The van der Waals surface area contributed by atoms with Crippen LogP contribution in [0.3, 0.4) is 0 Å². The van der Waals surface area contributed by atoms with E-state index < -0.39 is 0 Å². The van der Waals surface area contributed by atoms with Crippen molar-refractivity contribution < 1.29 is 0 Å². The normalized spacial score (nSPS) is 14.8.